The number of rotatable bonds is 5. The van der Waals surface area contributed by atoms with Crippen LogP contribution < -0.4 is 16.0 Å². The Kier molecular flexibility index (Phi) is 7.80. The number of hydrogen-bond acceptors (Lipinski definition) is 6. The zero-order valence-electron chi connectivity index (χ0n) is 19.0. The van der Waals surface area contributed by atoms with E-state index in [4.69, 9.17) is 4.74 Å². The van der Waals surface area contributed by atoms with Crippen LogP contribution in [0.4, 0.5) is 4.79 Å². The molecule has 0 radical (unpaired) electrons. The van der Waals surface area contributed by atoms with Crippen molar-refractivity contribution in [2.75, 3.05) is 19.6 Å². The Bertz CT molecular complexity index is 651. The van der Waals surface area contributed by atoms with E-state index in [0.29, 0.717) is 13.0 Å². The van der Waals surface area contributed by atoms with E-state index in [1.165, 1.54) is 0 Å². The average molecular weight is 439 g/mol. The van der Waals surface area contributed by atoms with E-state index < -0.39 is 23.8 Å². The van der Waals surface area contributed by atoms with E-state index in [-0.39, 0.29) is 29.8 Å². The lowest BCUT2D eigenvalue weighted by Gasteiger charge is -2.36. The molecule has 2 unspecified atom stereocenters. The summed E-state index contributed by atoms with van der Waals surface area (Å²) in [6.45, 7) is 7.32. The summed E-state index contributed by atoms with van der Waals surface area (Å²) in [5.41, 5.74) is -0.630. The molecule has 0 aromatic rings. The highest BCUT2D eigenvalue weighted by Crippen LogP contribution is 2.29. The summed E-state index contributed by atoms with van der Waals surface area (Å²) in [7, 11) is 0. The van der Waals surface area contributed by atoms with Crippen molar-refractivity contribution < 1.29 is 24.2 Å². The minimum atomic E-state index is -0.630. The second kappa shape index (κ2) is 10.2. The van der Waals surface area contributed by atoms with Crippen LogP contribution in [0.5, 0.6) is 0 Å². The fraction of sp³-hybridized carbons (Fsp3) is 0.864. The summed E-state index contributed by atoms with van der Waals surface area (Å²) in [5, 5.41) is 18.6. The molecule has 176 valence electrons. The summed E-state index contributed by atoms with van der Waals surface area (Å²) < 4.78 is 5.41. The summed E-state index contributed by atoms with van der Waals surface area (Å²) in [6, 6.07) is -0.894. The zero-order valence-corrected chi connectivity index (χ0v) is 19.0. The quantitative estimate of drug-likeness (QED) is 0.506. The number of aliphatic hydroxyl groups is 1. The average Bonchev–Trinajstić information content (AvgIpc) is 3.37. The maximum Gasteiger partial charge on any atom is 0.408 e. The van der Waals surface area contributed by atoms with Gasteiger partial charge in [0, 0.05) is 25.7 Å². The number of carbonyl (C=O) groups is 3. The van der Waals surface area contributed by atoms with Gasteiger partial charge >= 0.3 is 6.09 Å². The standard InChI is InChI=1S/C22H38N4O5/c1-22(2,3)31-21(30)25-18(20(29)26-10-4-5-11-26)14-6-8-15(9-7-14)24-19(28)17-12-16(27)13-23-17/h14-18,23,27H,4-13H2,1-3H3,(H,24,28)(H,25,30)/t14?,15?,16-,17?,18?/m1/s1. The lowest BCUT2D eigenvalue weighted by Crippen LogP contribution is -2.54. The molecule has 3 fully saturated rings. The van der Waals surface area contributed by atoms with Crippen molar-refractivity contribution in [2.24, 2.45) is 5.92 Å². The first-order chi connectivity index (χ1) is 14.6. The van der Waals surface area contributed by atoms with Gasteiger partial charge in [0.25, 0.3) is 0 Å². The van der Waals surface area contributed by atoms with E-state index in [1.54, 1.807) is 20.8 Å². The lowest BCUT2D eigenvalue weighted by atomic mass is 9.81. The van der Waals surface area contributed by atoms with Crippen LogP contribution >= 0.6 is 0 Å². The topological polar surface area (TPSA) is 120 Å². The van der Waals surface area contributed by atoms with Gasteiger partial charge < -0.3 is 30.7 Å². The normalized spacial score (nSPS) is 30.0. The smallest absolute Gasteiger partial charge is 0.408 e. The molecule has 2 aliphatic heterocycles. The van der Waals surface area contributed by atoms with E-state index in [9.17, 15) is 19.5 Å². The van der Waals surface area contributed by atoms with Crippen molar-refractivity contribution >= 4 is 17.9 Å². The number of aliphatic hydroxyl groups excluding tert-OH is 1. The van der Waals surface area contributed by atoms with Gasteiger partial charge in [-0.25, -0.2) is 4.79 Å². The van der Waals surface area contributed by atoms with Crippen LogP contribution in [0.15, 0.2) is 0 Å². The summed E-state index contributed by atoms with van der Waals surface area (Å²) >= 11 is 0. The third kappa shape index (κ3) is 6.80. The van der Waals surface area contributed by atoms with E-state index in [1.807, 2.05) is 4.90 Å². The number of alkyl carbamates (subject to hydrolysis) is 1. The van der Waals surface area contributed by atoms with Crippen LogP contribution in [0.25, 0.3) is 0 Å². The van der Waals surface area contributed by atoms with Gasteiger partial charge in [0.05, 0.1) is 12.1 Å². The SMILES string of the molecule is CC(C)(C)OC(=O)NC(C(=O)N1CCCC1)C1CCC(NC(=O)C2C[C@@H](O)CN2)CC1. The number of ether oxygens (including phenoxy) is 1. The Labute approximate surface area is 184 Å². The maximum absolute atomic E-state index is 13.2. The first kappa shape index (κ1) is 23.8. The van der Waals surface area contributed by atoms with Gasteiger partial charge in [-0.15, -0.1) is 0 Å². The number of carbonyl (C=O) groups excluding carboxylic acids is 3. The van der Waals surface area contributed by atoms with Gasteiger partial charge in [0.15, 0.2) is 0 Å². The molecule has 3 atom stereocenters. The second-order valence-electron chi connectivity index (χ2n) is 10.1. The minimum Gasteiger partial charge on any atom is -0.444 e. The van der Waals surface area contributed by atoms with Crippen LogP contribution in [0.3, 0.4) is 0 Å². The molecule has 31 heavy (non-hydrogen) atoms. The highest BCUT2D eigenvalue weighted by molar-refractivity contribution is 5.86. The monoisotopic (exact) mass is 438 g/mol. The third-order valence-electron chi connectivity index (χ3n) is 6.37. The molecule has 2 heterocycles. The number of likely N-dealkylation sites (tertiary alicyclic amines) is 1. The Morgan fingerprint density at radius 3 is 2.29 bits per heavy atom. The molecular formula is C22H38N4O5. The molecule has 3 rings (SSSR count). The Balaban J connectivity index is 1.56. The lowest BCUT2D eigenvalue weighted by molar-refractivity contribution is -0.134. The molecule has 3 aliphatic rings. The second-order valence-corrected chi connectivity index (χ2v) is 10.1. The number of nitrogens with zero attached hydrogens (tertiary/aromatic N) is 1. The molecule has 0 spiro atoms. The molecule has 0 aromatic carbocycles. The molecule has 9 nitrogen and oxygen atoms in total. The van der Waals surface area contributed by atoms with Crippen LogP contribution in [-0.4, -0.2) is 77.4 Å². The van der Waals surface area contributed by atoms with Crippen LogP contribution in [0.1, 0.15) is 65.7 Å². The predicted molar refractivity (Wildman–Crippen MR) is 115 cm³/mol. The first-order valence-corrected chi connectivity index (χ1v) is 11.6. The molecule has 1 aliphatic carbocycles. The van der Waals surface area contributed by atoms with Gasteiger partial charge in [-0.1, -0.05) is 0 Å². The molecular weight excluding hydrogens is 400 g/mol. The van der Waals surface area contributed by atoms with Gasteiger partial charge in [-0.3, -0.25) is 9.59 Å². The van der Waals surface area contributed by atoms with Gasteiger partial charge in [-0.2, -0.15) is 0 Å². The maximum atomic E-state index is 13.2. The van der Waals surface area contributed by atoms with Gasteiger partial charge in [0.2, 0.25) is 11.8 Å². The zero-order chi connectivity index (χ0) is 22.6. The van der Waals surface area contributed by atoms with Crippen molar-refractivity contribution in [2.45, 2.75) is 95.5 Å². The summed E-state index contributed by atoms with van der Waals surface area (Å²) in [4.78, 5) is 39.8. The minimum absolute atomic E-state index is 0.0141. The summed E-state index contributed by atoms with van der Waals surface area (Å²) in [5.74, 6) is -0.0863. The highest BCUT2D eigenvalue weighted by atomic mass is 16.6. The molecule has 4 N–H and O–H groups in total. The van der Waals surface area contributed by atoms with Crippen molar-refractivity contribution in [1.82, 2.24) is 20.9 Å². The van der Waals surface area contributed by atoms with Gasteiger partial charge in [-0.05, 0) is 71.6 Å². The van der Waals surface area contributed by atoms with Crippen LogP contribution in [0.2, 0.25) is 0 Å². The van der Waals surface area contributed by atoms with Gasteiger partial charge in [0.1, 0.15) is 11.6 Å². The van der Waals surface area contributed by atoms with E-state index in [2.05, 4.69) is 16.0 Å². The van der Waals surface area contributed by atoms with Crippen LogP contribution in [0, 0.1) is 5.92 Å². The summed E-state index contributed by atoms with van der Waals surface area (Å²) in [6.07, 6.45) is 4.39. The first-order valence-electron chi connectivity index (χ1n) is 11.6. The molecule has 2 saturated heterocycles. The number of nitrogens with one attached hydrogen (secondary N) is 3. The van der Waals surface area contributed by atoms with E-state index in [0.717, 1.165) is 51.6 Å². The highest BCUT2D eigenvalue weighted by Gasteiger charge is 2.38. The fourth-order valence-corrected chi connectivity index (χ4v) is 4.77. The Morgan fingerprint density at radius 1 is 1.10 bits per heavy atom. The van der Waals surface area contributed by atoms with Crippen LogP contribution in [-0.2, 0) is 14.3 Å². The number of hydrogen-bond donors (Lipinski definition) is 4. The molecule has 1 saturated carbocycles. The fourth-order valence-electron chi connectivity index (χ4n) is 4.77. The van der Waals surface area contributed by atoms with Crippen molar-refractivity contribution in [1.29, 1.82) is 0 Å². The number of amides is 3. The van der Waals surface area contributed by atoms with Crippen molar-refractivity contribution in [3.05, 3.63) is 0 Å². The molecule has 9 heteroatoms. The largest absolute Gasteiger partial charge is 0.444 e. The third-order valence-corrected chi connectivity index (χ3v) is 6.37. The predicted octanol–water partition coefficient (Wildman–Crippen LogP) is 0.900. The van der Waals surface area contributed by atoms with Crippen molar-refractivity contribution in [3.8, 4) is 0 Å². The van der Waals surface area contributed by atoms with Crippen molar-refractivity contribution in [3.63, 3.8) is 0 Å². The molecule has 3 amide bonds. The molecule has 0 aromatic heterocycles. The molecule has 0 bridgehead atoms. The number of β-amino-alcohol motifs (C(OH)–C–C–N with tert-alkyl or cyclic N) is 1. The van der Waals surface area contributed by atoms with E-state index >= 15 is 0 Å². The Hall–Kier alpha value is -1.87. The Morgan fingerprint density at radius 2 is 1.74 bits per heavy atom.